The number of nitrogens with zero attached hydrogens (tertiary/aromatic N) is 5. The van der Waals surface area contributed by atoms with E-state index in [1.54, 1.807) is 37.4 Å². The first-order valence-electron chi connectivity index (χ1n) is 22.7. The third-order valence-corrected chi connectivity index (χ3v) is 13.0. The van der Waals surface area contributed by atoms with Crippen molar-refractivity contribution in [3.05, 3.63) is 84.2 Å². The second-order valence-corrected chi connectivity index (χ2v) is 18.8. The molecule has 0 radical (unpaired) electrons. The number of amides is 4. The summed E-state index contributed by atoms with van der Waals surface area (Å²) in [4.78, 5) is 77.0. The van der Waals surface area contributed by atoms with Crippen molar-refractivity contribution in [1.29, 1.82) is 0 Å². The number of pyridine rings is 1. The average molecular weight is 1030 g/mol. The molecule has 3 aliphatic heterocycles. The molecular weight excluding hydrogens is 955 g/mol. The van der Waals surface area contributed by atoms with Crippen LogP contribution in [0.4, 0.5) is 0 Å². The second kappa shape index (κ2) is 24.9. The highest BCUT2D eigenvalue weighted by molar-refractivity contribution is 7.59. The molecule has 2 aromatic carbocycles. The molecule has 0 saturated carbocycles. The standard InChI is InChI=1S/C50H63N7O8.4H2S/c1-9-43(59)55-20-17-33(27-55)47(61)54(7)44(30(3)4)46(60)52-40-23-31-21-34(24-35(58)22-31)32-15-16-42-37(25-32)38(45(56(42)10-2)36-13-11-18-51-41(36)28-64-8)26-50(5,6)29-65-49(63)39-14-12-19-57(53-39)48(40)62;;;;/h9,11,13,15-16,18,21-22,24-25,30,33,39-40,44,53,58H,1,10,12,14,17,19-20,23,26-29H2,2-8H3,(H,52,60);4*1H2/t33-,39-,40-,44-;;;;/m0..../s1. The number of carbonyl (C=O) groups excluding carboxylic acids is 5. The van der Waals surface area contributed by atoms with Crippen molar-refractivity contribution in [2.45, 2.75) is 98.0 Å². The van der Waals surface area contributed by atoms with Gasteiger partial charge in [0.2, 0.25) is 17.7 Å². The molecule has 378 valence electrons. The number of hydrazine groups is 1. The third kappa shape index (κ3) is 12.8. The highest BCUT2D eigenvalue weighted by Gasteiger charge is 2.40. The highest BCUT2D eigenvalue weighted by Crippen LogP contribution is 2.41. The van der Waals surface area contributed by atoms with E-state index in [-0.39, 0.29) is 104 Å². The summed E-state index contributed by atoms with van der Waals surface area (Å²) in [7, 11) is 3.23. The number of phenolic OH excluding ortho intramolecular Hbond substituents is 1. The van der Waals surface area contributed by atoms with Crippen LogP contribution in [0, 0.1) is 17.3 Å². The number of likely N-dealkylation sites (tertiary alicyclic amines) is 1. The number of likely N-dealkylation sites (N-methyl/N-ethyl adjacent to an activating group) is 1. The molecular formula is C50H71N7O8S4. The number of carbonyl (C=O) groups is 5. The molecule has 0 aliphatic carbocycles. The van der Waals surface area contributed by atoms with Crippen LogP contribution >= 0.6 is 54.0 Å². The van der Waals surface area contributed by atoms with E-state index >= 15 is 0 Å². The van der Waals surface area contributed by atoms with Gasteiger partial charge in [-0.2, -0.15) is 54.0 Å². The molecule has 19 heteroatoms. The number of esters is 1. The summed E-state index contributed by atoms with van der Waals surface area (Å²) in [6.07, 6.45) is 4.93. The quantitative estimate of drug-likeness (QED) is 0.129. The van der Waals surface area contributed by atoms with Gasteiger partial charge >= 0.3 is 5.97 Å². The number of ether oxygens (including phenoxy) is 2. The predicted octanol–water partition coefficient (Wildman–Crippen LogP) is 5.86. The number of rotatable bonds is 10. The Bertz CT molecular complexity index is 2500. The van der Waals surface area contributed by atoms with Crippen molar-refractivity contribution in [2.75, 3.05) is 40.4 Å². The van der Waals surface area contributed by atoms with Crippen LogP contribution in [0.1, 0.15) is 70.7 Å². The summed E-state index contributed by atoms with van der Waals surface area (Å²) in [5, 5.41) is 16.7. The lowest BCUT2D eigenvalue weighted by molar-refractivity contribution is -0.155. The topological polar surface area (TPSA) is 176 Å². The Hall–Kier alpha value is -4.66. The molecule has 4 atom stereocenters. The number of cyclic esters (lactones) is 1. The average Bonchev–Trinajstić information content (AvgIpc) is 3.90. The van der Waals surface area contributed by atoms with E-state index in [1.807, 2.05) is 32.0 Å². The maximum atomic E-state index is 14.7. The minimum absolute atomic E-state index is 0. The summed E-state index contributed by atoms with van der Waals surface area (Å²) in [5.74, 6) is -2.86. The zero-order chi connectivity index (χ0) is 46.7. The van der Waals surface area contributed by atoms with Gasteiger partial charge in [0, 0.05) is 74.8 Å². The molecule has 0 spiro atoms. The van der Waals surface area contributed by atoms with E-state index in [0.29, 0.717) is 56.5 Å². The Kier molecular flexibility index (Phi) is 21.2. The van der Waals surface area contributed by atoms with Gasteiger partial charge in [0.25, 0.3) is 5.91 Å². The van der Waals surface area contributed by atoms with Crippen LogP contribution in [0.2, 0.25) is 0 Å². The van der Waals surface area contributed by atoms with Crippen molar-refractivity contribution in [2.24, 2.45) is 17.3 Å². The van der Waals surface area contributed by atoms with Gasteiger partial charge in [0.15, 0.2) is 0 Å². The number of hydrogen-bond acceptors (Lipinski definition) is 10. The zero-order valence-electron chi connectivity index (χ0n) is 40.7. The number of benzene rings is 2. The fraction of sp³-hybridized carbons (Fsp3) is 0.480. The largest absolute Gasteiger partial charge is 0.508 e. The van der Waals surface area contributed by atoms with Gasteiger partial charge in [0.05, 0.1) is 30.5 Å². The number of hydrogen-bond donors (Lipinski definition) is 3. The van der Waals surface area contributed by atoms with Gasteiger partial charge in [-0.1, -0.05) is 46.4 Å². The van der Waals surface area contributed by atoms with E-state index < -0.39 is 47.2 Å². The number of aromatic nitrogens is 2. The lowest BCUT2D eigenvalue weighted by atomic mass is 9.84. The van der Waals surface area contributed by atoms with Gasteiger partial charge in [-0.25, -0.2) is 5.43 Å². The molecule has 7 rings (SSSR count). The first kappa shape index (κ1) is 58.7. The van der Waals surface area contributed by atoms with Crippen LogP contribution in [-0.2, 0) is 59.4 Å². The normalized spacial score (nSPS) is 19.4. The van der Waals surface area contributed by atoms with Crippen molar-refractivity contribution >= 4 is 94.5 Å². The number of methoxy groups -OCH3 is 1. The van der Waals surface area contributed by atoms with Crippen LogP contribution in [0.3, 0.4) is 0 Å². The van der Waals surface area contributed by atoms with Crippen LogP contribution in [0.15, 0.2) is 67.4 Å². The summed E-state index contributed by atoms with van der Waals surface area (Å²) in [5.41, 5.74) is 9.54. The molecule has 3 aliphatic rings. The monoisotopic (exact) mass is 1030 g/mol. The minimum atomic E-state index is -1.16. The van der Waals surface area contributed by atoms with Crippen molar-refractivity contribution in [1.82, 2.24) is 35.1 Å². The van der Waals surface area contributed by atoms with E-state index in [0.717, 1.165) is 39.0 Å². The fourth-order valence-electron chi connectivity index (χ4n) is 9.82. The summed E-state index contributed by atoms with van der Waals surface area (Å²) in [6.45, 7) is 15.5. The van der Waals surface area contributed by atoms with Gasteiger partial charge in [0.1, 0.15) is 23.9 Å². The van der Waals surface area contributed by atoms with Crippen molar-refractivity contribution in [3.63, 3.8) is 0 Å². The Morgan fingerprint density at radius 1 is 1.06 bits per heavy atom. The number of phenols is 1. The smallest absolute Gasteiger partial charge is 0.324 e. The Morgan fingerprint density at radius 2 is 1.80 bits per heavy atom. The molecule has 15 nitrogen and oxygen atoms in total. The highest BCUT2D eigenvalue weighted by atomic mass is 32.1. The van der Waals surface area contributed by atoms with Crippen LogP contribution < -0.4 is 10.7 Å². The summed E-state index contributed by atoms with van der Waals surface area (Å²) in [6, 6.07) is 12.5. The molecule has 3 N–H and O–H groups in total. The Morgan fingerprint density at radius 3 is 2.48 bits per heavy atom. The van der Waals surface area contributed by atoms with E-state index in [2.05, 4.69) is 60.9 Å². The number of nitrogens with one attached hydrogen (secondary N) is 2. The summed E-state index contributed by atoms with van der Waals surface area (Å²) >= 11 is 0. The van der Waals surface area contributed by atoms with Crippen LogP contribution in [0.25, 0.3) is 33.3 Å². The molecule has 4 amide bonds. The maximum absolute atomic E-state index is 14.7. The summed E-state index contributed by atoms with van der Waals surface area (Å²) < 4.78 is 14.0. The number of aryl methyl sites for hydroxylation is 1. The first-order chi connectivity index (χ1) is 31.0. The Balaban J connectivity index is 0.00000315. The van der Waals surface area contributed by atoms with Gasteiger partial charge in [-0.15, -0.1) is 0 Å². The Labute approximate surface area is 433 Å². The zero-order valence-corrected chi connectivity index (χ0v) is 44.7. The molecule has 4 aromatic rings. The maximum Gasteiger partial charge on any atom is 0.324 e. The van der Waals surface area contributed by atoms with E-state index in [4.69, 9.17) is 14.5 Å². The third-order valence-electron chi connectivity index (χ3n) is 13.0. The molecule has 0 unspecified atom stereocenters. The molecule has 2 saturated heterocycles. The lowest BCUT2D eigenvalue weighted by Crippen LogP contribution is -2.62. The fourth-order valence-corrected chi connectivity index (χ4v) is 9.82. The van der Waals surface area contributed by atoms with Crippen molar-refractivity contribution in [3.8, 4) is 28.1 Å². The predicted molar refractivity (Wildman–Crippen MR) is 288 cm³/mol. The van der Waals surface area contributed by atoms with E-state index in [9.17, 15) is 29.1 Å². The molecule has 5 heterocycles. The van der Waals surface area contributed by atoms with Crippen LogP contribution in [-0.4, -0.2) is 118 Å². The van der Waals surface area contributed by atoms with Gasteiger partial charge in [-0.05, 0) is 103 Å². The number of fused-ring (bicyclic) bond motifs is 6. The molecule has 2 fully saturated rings. The van der Waals surface area contributed by atoms with Gasteiger partial charge < -0.3 is 34.3 Å². The second-order valence-electron chi connectivity index (χ2n) is 18.8. The van der Waals surface area contributed by atoms with Crippen LogP contribution in [0.5, 0.6) is 5.75 Å². The van der Waals surface area contributed by atoms with Gasteiger partial charge in [-0.3, -0.25) is 34.0 Å². The molecule has 69 heavy (non-hydrogen) atoms. The molecule has 2 aromatic heterocycles. The SMILES string of the molecule is C=CC(=O)N1CC[C@H](C(=O)N(C)[C@H](C(=O)N[C@H]2Cc3cc(O)cc(c3)-c3ccc4c(c3)c(c(-c3cccnc3COC)n4CC)CC(C)(C)COC(=O)[C@@H]3CCCN(N3)C2=O)C(C)C)C1.S.S.S.S. The van der Waals surface area contributed by atoms with Crippen molar-refractivity contribution < 1.29 is 38.6 Å². The lowest BCUT2D eigenvalue weighted by Gasteiger charge is -2.37. The number of aromatic hydroxyl groups is 1. The first-order valence-corrected chi connectivity index (χ1v) is 22.7. The van der Waals surface area contributed by atoms with E-state index in [1.165, 1.54) is 16.0 Å². The molecule has 6 bridgehead atoms. The minimum Gasteiger partial charge on any atom is -0.508 e.